The molecule has 20 heavy (non-hydrogen) atoms. The number of ketones is 2. The zero-order chi connectivity index (χ0) is 13.7. The molecule has 1 heterocycles. The molecule has 0 radical (unpaired) electrons. The Balaban J connectivity index is 2.14. The van der Waals surface area contributed by atoms with Crippen LogP contribution in [0.15, 0.2) is 54.7 Å². The fraction of sp³-hybridized carbons (Fsp3) is 0. The highest BCUT2D eigenvalue weighted by atomic mass is 16.1. The van der Waals surface area contributed by atoms with Gasteiger partial charge in [-0.2, -0.15) is 0 Å². The van der Waals surface area contributed by atoms with Crippen LogP contribution in [0.25, 0.3) is 10.8 Å². The molecule has 0 saturated heterocycles. The van der Waals surface area contributed by atoms with Crippen LogP contribution in [0.3, 0.4) is 0 Å². The fourth-order valence-electron chi connectivity index (χ4n) is 2.71. The molecule has 0 unspecified atom stereocenters. The van der Waals surface area contributed by atoms with Gasteiger partial charge < -0.3 is 0 Å². The Kier molecular flexibility index (Phi) is 2.12. The van der Waals surface area contributed by atoms with Crippen molar-refractivity contribution in [1.82, 2.24) is 4.98 Å². The summed E-state index contributed by atoms with van der Waals surface area (Å²) in [5, 5.41) is 1.65. The molecule has 3 nitrogen and oxygen atoms in total. The van der Waals surface area contributed by atoms with Crippen molar-refractivity contribution in [3.8, 4) is 0 Å². The average molecular weight is 259 g/mol. The normalized spacial score (nSPS) is 13.2. The maximum atomic E-state index is 12.7. The second kappa shape index (κ2) is 3.84. The lowest BCUT2D eigenvalue weighted by molar-refractivity contribution is 0.0976. The van der Waals surface area contributed by atoms with E-state index in [1.165, 1.54) is 0 Å². The molecule has 0 spiro atoms. The van der Waals surface area contributed by atoms with Crippen molar-refractivity contribution in [2.75, 3.05) is 0 Å². The lowest BCUT2D eigenvalue weighted by Gasteiger charge is -2.17. The van der Waals surface area contributed by atoms with Crippen molar-refractivity contribution in [3.05, 3.63) is 77.1 Å². The average Bonchev–Trinajstić information content (AvgIpc) is 2.51. The third kappa shape index (κ3) is 1.32. The van der Waals surface area contributed by atoms with Crippen LogP contribution in [-0.2, 0) is 0 Å². The molecule has 1 aromatic heterocycles. The van der Waals surface area contributed by atoms with E-state index in [1.54, 1.807) is 30.5 Å². The van der Waals surface area contributed by atoms with E-state index < -0.39 is 0 Å². The van der Waals surface area contributed by atoms with Crippen molar-refractivity contribution < 1.29 is 9.59 Å². The summed E-state index contributed by atoms with van der Waals surface area (Å²) in [6, 6.07) is 14.4. The molecule has 0 N–H and O–H groups in total. The predicted octanol–water partition coefficient (Wildman–Crippen LogP) is 3.01. The van der Waals surface area contributed by atoms with Crippen molar-refractivity contribution >= 4 is 22.3 Å². The summed E-state index contributed by atoms with van der Waals surface area (Å²) in [6.45, 7) is 0. The molecular weight excluding hydrogens is 250 g/mol. The number of nitrogens with zero attached hydrogens (tertiary/aromatic N) is 1. The molecule has 0 saturated carbocycles. The highest BCUT2D eigenvalue weighted by Gasteiger charge is 2.31. The van der Waals surface area contributed by atoms with E-state index in [-0.39, 0.29) is 17.3 Å². The molecule has 3 heteroatoms. The number of hydrogen-bond acceptors (Lipinski definition) is 3. The fourth-order valence-corrected chi connectivity index (χ4v) is 2.71. The highest BCUT2D eigenvalue weighted by molar-refractivity contribution is 6.31. The standard InChI is InChI=1S/C17H9NO2/c19-16-12-7-3-4-8-13(12)17(20)15-14(16)11-6-2-1-5-10(11)9-18-15/h1-9H. The van der Waals surface area contributed by atoms with Crippen LogP contribution in [0, 0.1) is 0 Å². The van der Waals surface area contributed by atoms with Crippen LogP contribution in [0.4, 0.5) is 0 Å². The number of aromatic nitrogens is 1. The van der Waals surface area contributed by atoms with E-state index in [9.17, 15) is 9.59 Å². The SMILES string of the molecule is O=C1c2ccccc2C(=O)c2c1ncc1ccccc21. The van der Waals surface area contributed by atoms with Crippen LogP contribution in [0.1, 0.15) is 32.0 Å². The quantitative estimate of drug-likeness (QED) is 0.487. The molecule has 0 fully saturated rings. The van der Waals surface area contributed by atoms with Crippen molar-refractivity contribution in [2.45, 2.75) is 0 Å². The smallest absolute Gasteiger partial charge is 0.212 e. The van der Waals surface area contributed by atoms with Gasteiger partial charge in [-0.1, -0.05) is 48.5 Å². The maximum Gasteiger partial charge on any atom is 0.212 e. The molecule has 0 aliphatic heterocycles. The highest BCUT2D eigenvalue weighted by Crippen LogP contribution is 2.30. The summed E-state index contributed by atoms with van der Waals surface area (Å²) in [7, 11) is 0. The second-order valence-corrected chi connectivity index (χ2v) is 4.77. The largest absolute Gasteiger partial charge is 0.288 e. The molecule has 3 aromatic rings. The van der Waals surface area contributed by atoms with Gasteiger partial charge in [0.2, 0.25) is 5.78 Å². The van der Waals surface area contributed by atoms with E-state index in [2.05, 4.69) is 4.98 Å². The summed E-state index contributed by atoms with van der Waals surface area (Å²) >= 11 is 0. The minimum atomic E-state index is -0.180. The van der Waals surface area contributed by atoms with Gasteiger partial charge >= 0.3 is 0 Å². The van der Waals surface area contributed by atoms with Gasteiger partial charge in [-0.15, -0.1) is 0 Å². The van der Waals surface area contributed by atoms with Crippen molar-refractivity contribution in [1.29, 1.82) is 0 Å². The number of carbonyl (C=O) groups is 2. The summed E-state index contributed by atoms with van der Waals surface area (Å²) in [5.74, 6) is -0.305. The van der Waals surface area contributed by atoms with Gasteiger partial charge in [0, 0.05) is 22.7 Å². The van der Waals surface area contributed by atoms with Crippen molar-refractivity contribution in [2.24, 2.45) is 0 Å². The second-order valence-electron chi connectivity index (χ2n) is 4.77. The number of benzene rings is 2. The van der Waals surface area contributed by atoms with E-state index >= 15 is 0 Å². The first kappa shape index (κ1) is 11.1. The number of pyridine rings is 1. The van der Waals surface area contributed by atoms with Crippen LogP contribution in [-0.4, -0.2) is 16.6 Å². The Labute approximate surface area is 114 Å². The van der Waals surface area contributed by atoms with Crippen LogP contribution >= 0.6 is 0 Å². The minimum Gasteiger partial charge on any atom is -0.288 e. The third-order valence-corrected chi connectivity index (χ3v) is 3.66. The first-order valence-corrected chi connectivity index (χ1v) is 6.33. The number of rotatable bonds is 0. The zero-order valence-electron chi connectivity index (χ0n) is 10.5. The maximum absolute atomic E-state index is 12.7. The van der Waals surface area contributed by atoms with Gasteiger partial charge in [-0.25, -0.2) is 0 Å². The first-order chi connectivity index (χ1) is 9.77. The Morgan fingerprint density at radius 1 is 0.750 bits per heavy atom. The molecule has 1 aliphatic carbocycles. The predicted molar refractivity (Wildman–Crippen MR) is 75.1 cm³/mol. The van der Waals surface area contributed by atoms with Gasteiger partial charge in [0.15, 0.2) is 5.78 Å². The van der Waals surface area contributed by atoms with E-state index in [0.717, 1.165) is 10.8 Å². The molecule has 1 aliphatic rings. The third-order valence-electron chi connectivity index (χ3n) is 3.66. The van der Waals surface area contributed by atoms with Gasteiger partial charge in [-0.3, -0.25) is 14.6 Å². The number of carbonyl (C=O) groups excluding carboxylic acids is 2. The molecular formula is C17H9NO2. The number of hydrogen-bond donors (Lipinski definition) is 0. The van der Waals surface area contributed by atoms with E-state index in [4.69, 9.17) is 0 Å². The molecule has 94 valence electrons. The van der Waals surface area contributed by atoms with Gasteiger partial charge in [-0.05, 0) is 5.39 Å². The molecule has 0 bridgehead atoms. The van der Waals surface area contributed by atoms with Gasteiger partial charge in [0.05, 0.1) is 5.56 Å². The summed E-state index contributed by atoms with van der Waals surface area (Å²) in [5.41, 5.74) is 1.58. The molecule has 2 aromatic carbocycles. The summed E-state index contributed by atoms with van der Waals surface area (Å²) in [4.78, 5) is 29.4. The Bertz CT molecular complexity index is 896. The zero-order valence-corrected chi connectivity index (χ0v) is 10.5. The topological polar surface area (TPSA) is 47.0 Å². The summed E-state index contributed by atoms with van der Waals surface area (Å²) < 4.78 is 0. The molecule has 0 amide bonds. The lowest BCUT2D eigenvalue weighted by Crippen LogP contribution is -2.22. The summed E-state index contributed by atoms with van der Waals surface area (Å²) in [6.07, 6.45) is 1.65. The monoisotopic (exact) mass is 259 g/mol. The van der Waals surface area contributed by atoms with Gasteiger partial charge in [0.1, 0.15) is 5.69 Å². The molecule has 4 rings (SSSR count). The van der Waals surface area contributed by atoms with Crippen LogP contribution in [0.2, 0.25) is 0 Å². The van der Waals surface area contributed by atoms with E-state index in [1.807, 2.05) is 24.3 Å². The van der Waals surface area contributed by atoms with Crippen LogP contribution in [0.5, 0.6) is 0 Å². The molecule has 0 atom stereocenters. The Morgan fingerprint density at radius 2 is 1.40 bits per heavy atom. The Morgan fingerprint density at radius 3 is 2.20 bits per heavy atom. The minimum absolute atomic E-state index is 0.125. The van der Waals surface area contributed by atoms with Crippen LogP contribution < -0.4 is 0 Å². The van der Waals surface area contributed by atoms with E-state index in [0.29, 0.717) is 16.7 Å². The van der Waals surface area contributed by atoms with Gasteiger partial charge in [0.25, 0.3) is 0 Å². The lowest BCUT2D eigenvalue weighted by atomic mass is 9.85. The first-order valence-electron chi connectivity index (χ1n) is 6.33. The van der Waals surface area contributed by atoms with Crippen molar-refractivity contribution in [3.63, 3.8) is 0 Å². The number of fused-ring (bicyclic) bond motifs is 4. The Hall–Kier alpha value is -2.81.